The van der Waals surface area contributed by atoms with Crippen LogP contribution in [0, 0.1) is 0 Å². The number of fused-ring (bicyclic) bond motifs is 1. The van der Waals surface area contributed by atoms with Crippen molar-refractivity contribution in [3.05, 3.63) is 46.2 Å². The SMILES string of the molecule is CCOC(=O)CNC(=O)Cn1nnnc1-c1ccc2c(c1)[C@@H](Oc1ccc(=O)[nH]n1)[C@](C)(O)C(C)(C)O2. The van der Waals surface area contributed by atoms with Gasteiger partial charge in [-0.25, -0.2) is 9.78 Å². The first-order chi connectivity index (χ1) is 17.5. The number of hydrogen-bond acceptors (Lipinski definition) is 11. The molecule has 3 heterocycles. The van der Waals surface area contributed by atoms with Crippen molar-refractivity contribution in [2.75, 3.05) is 13.2 Å². The highest BCUT2D eigenvalue weighted by molar-refractivity contribution is 5.82. The fourth-order valence-corrected chi connectivity index (χ4v) is 3.77. The third-order valence-electron chi connectivity index (χ3n) is 6.10. The third-order valence-corrected chi connectivity index (χ3v) is 6.10. The highest BCUT2D eigenvalue weighted by Crippen LogP contribution is 2.48. The number of ether oxygens (including phenoxy) is 3. The van der Waals surface area contributed by atoms with Crippen molar-refractivity contribution in [1.29, 1.82) is 0 Å². The zero-order valence-electron chi connectivity index (χ0n) is 20.7. The van der Waals surface area contributed by atoms with Crippen LogP contribution in [0.15, 0.2) is 35.1 Å². The van der Waals surface area contributed by atoms with Crippen LogP contribution in [0.5, 0.6) is 11.6 Å². The number of benzene rings is 1. The van der Waals surface area contributed by atoms with Crippen molar-refractivity contribution in [3.8, 4) is 23.0 Å². The van der Waals surface area contributed by atoms with Crippen LogP contribution in [-0.4, -0.2) is 71.7 Å². The van der Waals surface area contributed by atoms with Crippen LogP contribution in [-0.2, 0) is 20.9 Å². The van der Waals surface area contributed by atoms with Crippen LogP contribution in [0.1, 0.15) is 39.4 Å². The van der Waals surface area contributed by atoms with Crippen LogP contribution in [0.25, 0.3) is 11.4 Å². The molecule has 1 aliphatic rings. The summed E-state index contributed by atoms with van der Waals surface area (Å²) < 4.78 is 18.2. The van der Waals surface area contributed by atoms with E-state index >= 15 is 0 Å². The first-order valence-corrected chi connectivity index (χ1v) is 11.5. The molecule has 1 aliphatic heterocycles. The van der Waals surface area contributed by atoms with Gasteiger partial charge in [0.1, 0.15) is 30.0 Å². The minimum absolute atomic E-state index is 0.0991. The minimum atomic E-state index is -1.53. The van der Waals surface area contributed by atoms with E-state index in [9.17, 15) is 19.5 Å². The number of rotatable bonds is 8. The van der Waals surface area contributed by atoms with Crippen LogP contribution in [0.4, 0.5) is 0 Å². The molecule has 0 aliphatic carbocycles. The van der Waals surface area contributed by atoms with Crippen LogP contribution >= 0.6 is 0 Å². The maximum absolute atomic E-state index is 12.3. The zero-order chi connectivity index (χ0) is 26.8. The predicted molar refractivity (Wildman–Crippen MR) is 126 cm³/mol. The Bertz CT molecular complexity index is 1340. The number of hydrogen-bond donors (Lipinski definition) is 3. The highest BCUT2D eigenvalue weighted by Gasteiger charge is 2.54. The molecule has 1 amide bonds. The van der Waals surface area contributed by atoms with Gasteiger partial charge < -0.3 is 24.6 Å². The molecule has 3 aromatic rings. The molecule has 0 saturated heterocycles. The number of amides is 1. The van der Waals surface area contributed by atoms with Crippen molar-refractivity contribution in [3.63, 3.8) is 0 Å². The van der Waals surface area contributed by atoms with Gasteiger partial charge in [-0.1, -0.05) is 0 Å². The molecular formula is C23H27N7O7. The van der Waals surface area contributed by atoms with Crippen molar-refractivity contribution in [2.45, 2.75) is 51.5 Å². The topological polar surface area (TPSA) is 183 Å². The van der Waals surface area contributed by atoms with Gasteiger partial charge in [0.15, 0.2) is 11.9 Å². The summed E-state index contributed by atoms with van der Waals surface area (Å²) in [7, 11) is 0. The number of nitrogens with zero attached hydrogens (tertiary/aromatic N) is 5. The molecule has 2 atom stereocenters. The Labute approximate surface area is 210 Å². The van der Waals surface area contributed by atoms with Gasteiger partial charge in [0.25, 0.3) is 5.56 Å². The molecule has 0 radical (unpaired) electrons. The molecule has 0 fully saturated rings. The van der Waals surface area contributed by atoms with Gasteiger partial charge in [-0.3, -0.25) is 14.4 Å². The molecule has 1 aromatic carbocycles. The van der Waals surface area contributed by atoms with Gasteiger partial charge >= 0.3 is 5.97 Å². The quantitative estimate of drug-likeness (QED) is 0.348. The predicted octanol–water partition coefficient (Wildman–Crippen LogP) is 0.145. The molecule has 14 nitrogen and oxygen atoms in total. The van der Waals surface area contributed by atoms with E-state index in [1.807, 2.05) is 0 Å². The maximum atomic E-state index is 12.3. The fourth-order valence-electron chi connectivity index (χ4n) is 3.77. The summed E-state index contributed by atoms with van der Waals surface area (Å²) in [6.45, 7) is 6.40. The third kappa shape index (κ3) is 5.28. The van der Waals surface area contributed by atoms with E-state index in [-0.39, 0.29) is 31.4 Å². The molecular weight excluding hydrogens is 486 g/mol. The zero-order valence-corrected chi connectivity index (χ0v) is 20.7. The smallest absolute Gasteiger partial charge is 0.325 e. The number of aromatic nitrogens is 6. The van der Waals surface area contributed by atoms with Crippen molar-refractivity contribution in [1.82, 2.24) is 35.7 Å². The Balaban J connectivity index is 1.64. The number of esters is 1. The lowest BCUT2D eigenvalue weighted by molar-refractivity contribution is -0.175. The number of tetrazole rings is 1. The monoisotopic (exact) mass is 513 g/mol. The van der Waals surface area contributed by atoms with Gasteiger partial charge in [-0.05, 0) is 56.3 Å². The van der Waals surface area contributed by atoms with E-state index in [1.54, 1.807) is 45.9 Å². The summed E-state index contributed by atoms with van der Waals surface area (Å²) in [5.74, 6) is -0.221. The number of aliphatic hydroxyl groups is 1. The average molecular weight is 514 g/mol. The number of nitrogens with one attached hydrogen (secondary N) is 2. The van der Waals surface area contributed by atoms with E-state index in [0.29, 0.717) is 16.9 Å². The summed E-state index contributed by atoms with van der Waals surface area (Å²) in [6.07, 6.45) is -0.957. The van der Waals surface area contributed by atoms with Crippen LogP contribution in [0.2, 0.25) is 0 Å². The second kappa shape index (κ2) is 9.97. The Hall–Kier alpha value is -4.33. The Kier molecular flexibility index (Phi) is 6.94. The maximum Gasteiger partial charge on any atom is 0.325 e. The summed E-state index contributed by atoms with van der Waals surface area (Å²) in [5.41, 5.74) is -1.98. The Morgan fingerprint density at radius 3 is 2.73 bits per heavy atom. The van der Waals surface area contributed by atoms with Crippen LogP contribution < -0.4 is 20.3 Å². The number of carbonyl (C=O) groups is 2. The molecule has 37 heavy (non-hydrogen) atoms. The van der Waals surface area contributed by atoms with Gasteiger partial charge in [0.05, 0.1) is 6.61 Å². The lowest BCUT2D eigenvalue weighted by atomic mass is 9.76. The number of carbonyl (C=O) groups excluding carboxylic acids is 2. The van der Waals surface area contributed by atoms with Crippen LogP contribution in [0.3, 0.4) is 0 Å². The number of aromatic amines is 1. The molecule has 4 rings (SSSR count). The van der Waals surface area contributed by atoms with Gasteiger partial charge in [-0.2, -0.15) is 0 Å². The Morgan fingerprint density at radius 2 is 2.03 bits per heavy atom. The van der Waals surface area contributed by atoms with Gasteiger partial charge in [0, 0.05) is 23.3 Å². The second-order valence-electron chi connectivity index (χ2n) is 9.01. The standard InChI is InChI=1S/C23H27N7O7/c1-5-35-19(33)11-24-17(32)12-30-21(27-28-29-30)13-6-7-15-14(10-13)20(23(4,34)22(2,3)37-15)36-18-9-8-16(31)25-26-18/h6-10,20,34H,5,11-12H2,1-4H3,(H,24,32)(H,25,31)/t20-,23+/m1/s1. The van der Waals surface area contributed by atoms with Gasteiger partial charge in [0.2, 0.25) is 11.8 Å². The highest BCUT2D eigenvalue weighted by atomic mass is 16.6. The van der Waals surface area contributed by atoms with Crippen molar-refractivity contribution < 1.29 is 28.9 Å². The molecule has 0 bridgehead atoms. The first-order valence-electron chi connectivity index (χ1n) is 11.5. The second-order valence-corrected chi connectivity index (χ2v) is 9.01. The van der Waals surface area contributed by atoms with Gasteiger partial charge in [-0.15, -0.1) is 10.2 Å². The molecule has 14 heteroatoms. The normalized spacial score (nSPS) is 19.9. The van der Waals surface area contributed by atoms with E-state index in [4.69, 9.17) is 14.2 Å². The molecule has 0 unspecified atom stereocenters. The molecule has 0 spiro atoms. The van der Waals surface area contributed by atoms with Crippen molar-refractivity contribution >= 4 is 11.9 Å². The summed E-state index contributed by atoms with van der Waals surface area (Å²) in [4.78, 5) is 35.2. The first kappa shape index (κ1) is 25.8. The minimum Gasteiger partial charge on any atom is -0.484 e. The molecule has 196 valence electrons. The average Bonchev–Trinajstić information content (AvgIpc) is 3.30. The van der Waals surface area contributed by atoms with Crippen molar-refractivity contribution in [2.24, 2.45) is 0 Å². The summed E-state index contributed by atoms with van der Waals surface area (Å²) in [6, 6.07) is 7.76. The molecule has 0 saturated carbocycles. The lowest BCUT2D eigenvalue weighted by Gasteiger charge is -2.48. The Morgan fingerprint density at radius 1 is 1.24 bits per heavy atom. The number of H-pyrrole nitrogens is 1. The van der Waals surface area contributed by atoms with E-state index in [1.165, 1.54) is 16.8 Å². The van der Waals surface area contributed by atoms with E-state index < -0.39 is 34.7 Å². The lowest BCUT2D eigenvalue weighted by Crippen LogP contribution is -2.59. The summed E-state index contributed by atoms with van der Waals surface area (Å²) in [5, 5.41) is 31.7. The molecule has 2 aromatic heterocycles. The largest absolute Gasteiger partial charge is 0.484 e. The van der Waals surface area contributed by atoms with E-state index in [2.05, 4.69) is 31.0 Å². The molecule has 3 N–H and O–H groups in total. The fraction of sp³-hybridized carbons (Fsp3) is 0.435. The van der Waals surface area contributed by atoms with E-state index in [0.717, 1.165) is 0 Å². The summed E-state index contributed by atoms with van der Waals surface area (Å²) >= 11 is 0.